The van der Waals surface area contributed by atoms with Gasteiger partial charge in [0.15, 0.2) is 0 Å². The molecule has 3 rings (SSSR count). The van der Waals surface area contributed by atoms with E-state index in [-0.39, 0.29) is 17.8 Å². The van der Waals surface area contributed by atoms with Crippen molar-refractivity contribution in [3.8, 4) is 5.69 Å². The van der Waals surface area contributed by atoms with E-state index in [2.05, 4.69) is 15.4 Å². The number of aliphatic hydroxyl groups is 1. The van der Waals surface area contributed by atoms with Crippen molar-refractivity contribution in [3.05, 3.63) is 78.1 Å². The molecule has 1 aromatic carbocycles. The molecule has 1 amide bonds. The number of carbonyl (C=O) groups excluding carboxylic acids is 1. The second kappa shape index (κ2) is 7.01. The number of aliphatic hydroxyl groups excluding tert-OH is 1. The van der Waals surface area contributed by atoms with Crippen LogP contribution in [0.15, 0.2) is 61.1 Å². The summed E-state index contributed by atoms with van der Waals surface area (Å²) in [5.74, 6) is -0.975. The predicted molar refractivity (Wildman–Crippen MR) is 85.1 cm³/mol. The number of halogens is 1. The number of benzene rings is 1. The summed E-state index contributed by atoms with van der Waals surface area (Å²) in [6, 6.07) is 11.0. The molecule has 3 aromatic rings. The van der Waals surface area contributed by atoms with Gasteiger partial charge in [-0.15, -0.1) is 0 Å². The summed E-state index contributed by atoms with van der Waals surface area (Å²) in [7, 11) is 0. The van der Waals surface area contributed by atoms with Gasteiger partial charge in [-0.1, -0.05) is 18.2 Å². The first-order chi connectivity index (χ1) is 11.6. The van der Waals surface area contributed by atoms with Crippen LogP contribution >= 0.6 is 0 Å². The molecular formula is C17H15FN4O2. The summed E-state index contributed by atoms with van der Waals surface area (Å²) < 4.78 is 15.2. The molecule has 0 fully saturated rings. The minimum Gasteiger partial charge on any atom is -0.386 e. The van der Waals surface area contributed by atoms with Gasteiger partial charge in [-0.05, 0) is 24.3 Å². The van der Waals surface area contributed by atoms with E-state index in [1.807, 2.05) is 0 Å². The van der Waals surface area contributed by atoms with Gasteiger partial charge in [0.1, 0.15) is 11.5 Å². The van der Waals surface area contributed by atoms with Crippen LogP contribution in [-0.2, 0) is 0 Å². The summed E-state index contributed by atoms with van der Waals surface area (Å²) in [6.07, 6.45) is 3.74. The lowest BCUT2D eigenvalue weighted by molar-refractivity contribution is 0.0909. The van der Waals surface area contributed by atoms with E-state index in [1.54, 1.807) is 41.3 Å². The molecule has 7 heteroatoms. The van der Waals surface area contributed by atoms with Crippen LogP contribution in [0.4, 0.5) is 4.39 Å². The van der Waals surface area contributed by atoms with Gasteiger partial charge in [-0.25, -0.2) is 9.07 Å². The summed E-state index contributed by atoms with van der Waals surface area (Å²) in [5, 5.41) is 16.6. The zero-order valence-corrected chi connectivity index (χ0v) is 12.6. The highest BCUT2D eigenvalue weighted by atomic mass is 19.1. The normalized spacial score (nSPS) is 11.9. The fraction of sp³-hybridized carbons (Fsp3) is 0.118. The molecule has 0 saturated heterocycles. The molecule has 24 heavy (non-hydrogen) atoms. The summed E-state index contributed by atoms with van der Waals surface area (Å²) in [4.78, 5) is 16.2. The van der Waals surface area contributed by atoms with Crippen LogP contribution in [0.5, 0.6) is 0 Å². The number of nitrogens with one attached hydrogen (secondary N) is 1. The number of carbonyl (C=O) groups is 1. The molecule has 0 saturated carbocycles. The minimum absolute atomic E-state index is 0.118. The zero-order valence-electron chi connectivity index (χ0n) is 12.6. The quantitative estimate of drug-likeness (QED) is 0.750. The van der Waals surface area contributed by atoms with Gasteiger partial charge in [-0.3, -0.25) is 9.78 Å². The van der Waals surface area contributed by atoms with Gasteiger partial charge < -0.3 is 10.4 Å². The summed E-state index contributed by atoms with van der Waals surface area (Å²) >= 11 is 0. The average molecular weight is 326 g/mol. The van der Waals surface area contributed by atoms with Crippen molar-refractivity contribution in [3.63, 3.8) is 0 Å². The highest BCUT2D eigenvalue weighted by molar-refractivity contribution is 5.92. The van der Waals surface area contributed by atoms with E-state index < -0.39 is 17.8 Å². The lowest BCUT2D eigenvalue weighted by Crippen LogP contribution is -2.29. The molecular weight excluding hydrogens is 311 g/mol. The third-order valence-electron chi connectivity index (χ3n) is 3.47. The van der Waals surface area contributed by atoms with Gasteiger partial charge >= 0.3 is 0 Å². The Morgan fingerprint density at radius 3 is 2.83 bits per heavy atom. The molecule has 2 N–H and O–H groups in total. The lowest BCUT2D eigenvalue weighted by Gasteiger charge is -2.13. The first-order valence-corrected chi connectivity index (χ1v) is 7.32. The number of aromatic nitrogens is 3. The van der Waals surface area contributed by atoms with Crippen LogP contribution in [0.25, 0.3) is 5.69 Å². The maximum atomic E-state index is 13.6. The highest BCUT2D eigenvalue weighted by Gasteiger charge is 2.15. The van der Waals surface area contributed by atoms with Crippen molar-refractivity contribution in [2.75, 3.05) is 6.54 Å². The van der Waals surface area contributed by atoms with Crippen LogP contribution in [0.2, 0.25) is 0 Å². The zero-order chi connectivity index (χ0) is 16.9. The van der Waals surface area contributed by atoms with Crippen LogP contribution in [0.1, 0.15) is 22.2 Å². The molecule has 0 unspecified atom stereocenters. The van der Waals surface area contributed by atoms with Crippen LogP contribution in [0.3, 0.4) is 0 Å². The van der Waals surface area contributed by atoms with Gasteiger partial charge in [0.25, 0.3) is 5.91 Å². The smallest absolute Gasteiger partial charge is 0.270 e. The standard InChI is InChI=1S/C17H15FN4O2/c18-14-5-2-1-4-13(14)16(23)11-20-17(24)15-10-12(6-8-19-15)22-9-3-7-21-22/h1-10,16,23H,11H2,(H,20,24)/t16-/m1/s1. The Hall–Kier alpha value is -3.06. The molecule has 1 atom stereocenters. The predicted octanol–water partition coefficient (Wildman–Crippen LogP) is 1.87. The van der Waals surface area contributed by atoms with Gasteiger partial charge in [0, 0.05) is 30.7 Å². The Bertz CT molecular complexity index is 836. The van der Waals surface area contributed by atoms with E-state index in [9.17, 15) is 14.3 Å². The largest absolute Gasteiger partial charge is 0.386 e. The van der Waals surface area contributed by atoms with E-state index in [0.717, 1.165) is 0 Å². The van der Waals surface area contributed by atoms with E-state index >= 15 is 0 Å². The number of pyridine rings is 1. The summed E-state index contributed by atoms with van der Waals surface area (Å²) in [5.41, 5.74) is 1.01. The van der Waals surface area contributed by atoms with Crippen molar-refractivity contribution in [1.82, 2.24) is 20.1 Å². The van der Waals surface area contributed by atoms with Crippen LogP contribution in [-0.4, -0.2) is 32.3 Å². The Kier molecular flexibility index (Phi) is 4.62. The number of rotatable bonds is 5. The molecule has 6 nitrogen and oxygen atoms in total. The number of hydrogen-bond acceptors (Lipinski definition) is 4. The van der Waals surface area contributed by atoms with E-state index in [4.69, 9.17) is 0 Å². The SMILES string of the molecule is O=C(NC[C@@H](O)c1ccccc1F)c1cc(-n2cccn2)ccn1. The molecule has 0 radical (unpaired) electrons. The van der Waals surface area contributed by atoms with Crippen LogP contribution < -0.4 is 5.32 Å². The molecule has 0 spiro atoms. The van der Waals surface area contributed by atoms with Gasteiger partial charge in [-0.2, -0.15) is 5.10 Å². The first kappa shape index (κ1) is 15.8. The Balaban J connectivity index is 1.67. The van der Waals surface area contributed by atoms with Crippen molar-refractivity contribution < 1.29 is 14.3 Å². The van der Waals surface area contributed by atoms with E-state index in [1.165, 1.54) is 24.4 Å². The molecule has 0 bridgehead atoms. The average Bonchev–Trinajstić information content (AvgIpc) is 3.14. The minimum atomic E-state index is -1.13. The number of hydrogen-bond donors (Lipinski definition) is 2. The molecule has 2 heterocycles. The Morgan fingerprint density at radius 2 is 2.08 bits per heavy atom. The fourth-order valence-corrected chi connectivity index (χ4v) is 2.24. The lowest BCUT2D eigenvalue weighted by atomic mass is 10.1. The van der Waals surface area contributed by atoms with Gasteiger partial charge in [0.2, 0.25) is 0 Å². The second-order valence-corrected chi connectivity index (χ2v) is 5.10. The monoisotopic (exact) mass is 326 g/mol. The van der Waals surface area contributed by atoms with Crippen LogP contribution in [0, 0.1) is 5.82 Å². The first-order valence-electron chi connectivity index (χ1n) is 7.32. The van der Waals surface area contributed by atoms with E-state index in [0.29, 0.717) is 5.69 Å². The molecule has 0 aliphatic heterocycles. The highest BCUT2D eigenvalue weighted by Crippen LogP contribution is 2.15. The van der Waals surface area contributed by atoms with Crippen molar-refractivity contribution >= 4 is 5.91 Å². The Labute approximate surface area is 137 Å². The van der Waals surface area contributed by atoms with Crippen molar-refractivity contribution in [2.45, 2.75) is 6.10 Å². The number of amides is 1. The Morgan fingerprint density at radius 1 is 1.25 bits per heavy atom. The topological polar surface area (TPSA) is 80.0 Å². The maximum Gasteiger partial charge on any atom is 0.270 e. The van der Waals surface area contributed by atoms with Crippen molar-refractivity contribution in [1.29, 1.82) is 0 Å². The fourth-order valence-electron chi connectivity index (χ4n) is 2.24. The third-order valence-corrected chi connectivity index (χ3v) is 3.47. The van der Waals surface area contributed by atoms with Gasteiger partial charge in [0.05, 0.1) is 11.8 Å². The molecule has 2 aromatic heterocycles. The summed E-state index contributed by atoms with van der Waals surface area (Å²) in [6.45, 7) is -0.118. The molecule has 0 aliphatic rings. The molecule has 0 aliphatic carbocycles. The van der Waals surface area contributed by atoms with Crippen molar-refractivity contribution in [2.24, 2.45) is 0 Å². The number of nitrogens with zero attached hydrogens (tertiary/aromatic N) is 3. The third kappa shape index (κ3) is 3.47. The second-order valence-electron chi connectivity index (χ2n) is 5.10. The molecule has 122 valence electrons. The maximum absolute atomic E-state index is 13.6.